The monoisotopic (exact) mass is 321 g/mol. The first kappa shape index (κ1) is 15.1. The third-order valence-electron chi connectivity index (χ3n) is 4.05. The molecule has 0 aliphatic carbocycles. The number of rotatable bonds is 3. The van der Waals surface area contributed by atoms with Gasteiger partial charge in [-0.3, -0.25) is 0 Å². The number of sulfonamides is 1. The largest absolute Gasteiger partial charge is 0.368 e. The van der Waals surface area contributed by atoms with Crippen LogP contribution in [0.5, 0.6) is 0 Å². The molecule has 0 unspecified atom stereocenters. The average Bonchev–Trinajstić information content (AvgIpc) is 2.94. The van der Waals surface area contributed by atoms with Crippen LogP contribution in [-0.2, 0) is 10.0 Å². The molecule has 2 N–H and O–H groups in total. The minimum Gasteiger partial charge on any atom is -0.368 e. The van der Waals surface area contributed by atoms with Gasteiger partial charge in [0.05, 0.1) is 10.6 Å². The van der Waals surface area contributed by atoms with E-state index in [1.54, 1.807) is 28.6 Å². The number of piperidine rings is 1. The van der Waals surface area contributed by atoms with E-state index in [9.17, 15) is 8.42 Å². The van der Waals surface area contributed by atoms with Crippen LogP contribution in [0.3, 0.4) is 0 Å². The van der Waals surface area contributed by atoms with Crippen molar-refractivity contribution in [2.75, 3.05) is 18.8 Å². The molecule has 1 aliphatic heterocycles. The normalized spacial score (nSPS) is 17.7. The zero-order valence-corrected chi connectivity index (χ0v) is 13.2. The van der Waals surface area contributed by atoms with Crippen molar-refractivity contribution in [2.24, 2.45) is 0 Å². The maximum atomic E-state index is 12.7. The molecule has 0 radical (unpaired) electrons. The topological polar surface area (TPSA) is 89.4 Å². The highest BCUT2D eigenvalue weighted by atomic mass is 32.2. The number of aryl methyl sites for hydroxylation is 1. The lowest BCUT2D eigenvalue weighted by molar-refractivity contribution is 0.309. The van der Waals surface area contributed by atoms with Crippen LogP contribution >= 0.6 is 0 Å². The van der Waals surface area contributed by atoms with Gasteiger partial charge in [0.1, 0.15) is 0 Å². The Morgan fingerprint density at radius 1 is 1.27 bits per heavy atom. The van der Waals surface area contributed by atoms with E-state index in [-0.39, 0.29) is 5.92 Å². The second-order valence-electron chi connectivity index (χ2n) is 5.65. The number of benzene rings is 1. The molecule has 0 amide bonds. The van der Waals surface area contributed by atoms with E-state index in [0.717, 1.165) is 24.1 Å². The lowest BCUT2D eigenvalue weighted by atomic mass is 9.95. The van der Waals surface area contributed by atoms with Crippen LogP contribution in [0.2, 0.25) is 0 Å². The first-order valence-corrected chi connectivity index (χ1v) is 8.70. The molecule has 118 valence electrons. The standard InChI is InChI=1S/C15H19N3O3S/c1-11-3-2-4-13(9-11)22(19,20)18-7-5-12(6-8-18)14-10-15(16)21-17-14/h2-4,9-10,12H,5-8,16H2,1H3. The highest BCUT2D eigenvalue weighted by molar-refractivity contribution is 7.89. The number of hydrogen-bond acceptors (Lipinski definition) is 5. The van der Waals surface area contributed by atoms with E-state index in [0.29, 0.717) is 23.9 Å². The van der Waals surface area contributed by atoms with Gasteiger partial charge in [0.2, 0.25) is 15.9 Å². The molecule has 3 rings (SSSR count). The smallest absolute Gasteiger partial charge is 0.243 e. The van der Waals surface area contributed by atoms with Gasteiger partial charge < -0.3 is 10.3 Å². The molecule has 2 aromatic rings. The van der Waals surface area contributed by atoms with Crippen LogP contribution in [0, 0.1) is 6.92 Å². The predicted molar refractivity (Wildman–Crippen MR) is 82.8 cm³/mol. The van der Waals surface area contributed by atoms with Crippen molar-refractivity contribution in [2.45, 2.75) is 30.6 Å². The number of anilines is 1. The molecule has 0 saturated carbocycles. The van der Waals surface area contributed by atoms with Crippen molar-refractivity contribution in [3.8, 4) is 0 Å². The summed E-state index contributed by atoms with van der Waals surface area (Å²) in [4.78, 5) is 0.358. The summed E-state index contributed by atoms with van der Waals surface area (Å²) >= 11 is 0. The maximum Gasteiger partial charge on any atom is 0.243 e. The fraction of sp³-hybridized carbons (Fsp3) is 0.400. The lowest BCUT2D eigenvalue weighted by Crippen LogP contribution is -2.37. The maximum absolute atomic E-state index is 12.7. The summed E-state index contributed by atoms with van der Waals surface area (Å²) < 4.78 is 31.8. The summed E-state index contributed by atoms with van der Waals surface area (Å²) in [5.41, 5.74) is 7.29. The minimum atomic E-state index is -3.42. The minimum absolute atomic E-state index is 0.199. The Kier molecular flexibility index (Phi) is 3.92. The zero-order chi connectivity index (χ0) is 15.7. The van der Waals surface area contributed by atoms with Gasteiger partial charge in [-0.1, -0.05) is 17.3 Å². The molecule has 1 aromatic heterocycles. The molecule has 7 heteroatoms. The summed E-state index contributed by atoms with van der Waals surface area (Å²) in [6.07, 6.45) is 1.44. The van der Waals surface area contributed by atoms with Gasteiger partial charge in [-0.2, -0.15) is 4.31 Å². The van der Waals surface area contributed by atoms with E-state index in [4.69, 9.17) is 10.3 Å². The molecule has 1 aromatic carbocycles. The lowest BCUT2D eigenvalue weighted by Gasteiger charge is -2.30. The zero-order valence-electron chi connectivity index (χ0n) is 12.4. The van der Waals surface area contributed by atoms with Crippen molar-refractivity contribution in [1.82, 2.24) is 9.46 Å². The second-order valence-corrected chi connectivity index (χ2v) is 7.59. The van der Waals surface area contributed by atoms with Crippen LogP contribution in [0.25, 0.3) is 0 Å². The highest BCUT2D eigenvalue weighted by Crippen LogP contribution is 2.30. The van der Waals surface area contributed by atoms with Crippen molar-refractivity contribution >= 4 is 15.9 Å². The Balaban J connectivity index is 1.73. The van der Waals surface area contributed by atoms with Crippen LogP contribution in [0.1, 0.15) is 30.0 Å². The van der Waals surface area contributed by atoms with E-state index in [1.165, 1.54) is 0 Å². The molecule has 1 saturated heterocycles. The van der Waals surface area contributed by atoms with Crippen LogP contribution in [0.4, 0.5) is 5.88 Å². The first-order chi connectivity index (χ1) is 10.5. The van der Waals surface area contributed by atoms with Gasteiger partial charge in [0.25, 0.3) is 0 Å². The number of hydrogen-bond donors (Lipinski definition) is 1. The molecular weight excluding hydrogens is 302 g/mol. The Labute approximate surface area is 129 Å². The number of aromatic nitrogens is 1. The number of nitrogens with zero attached hydrogens (tertiary/aromatic N) is 2. The Bertz CT molecular complexity index is 762. The third kappa shape index (κ3) is 2.86. The molecule has 6 nitrogen and oxygen atoms in total. The summed E-state index contributed by atoms with van der Waals surface area (Å²) in [5, 5.41) is 3.93. The van der Waals surface area contributed by atoms with E-state index in [2.05, 4.69) is 5.16 Å². The highest BCUT2D eigenvalue weighted by Gasteiger charge is 2.31. The van der Waals surface area contributed by atoms with E-state index in [1.807, 2.05) is 13.0 Å². The quantitative estimate of drug-likeness (QED) is 0.935. The average molecular weight is 321 g/mol. The molecule has 22 heavy (non-hydrogen) atoms. The third-order valence-corrected chi connectivity index (χ3v) is 5.94. The van der Waals surface area contributed by atoms with Crippen molar-refractivity contribution in [1.29, 1.82) is 0 Å². The van der Waals surface area contributed by atoms with Crippen molar-refractivity contribution < 1.29 is 12.9 Å². The molecule has 2 heterocycles. The molecule has 0 atom stereocenters. The Morgan fingerprint density at radius 3 is 2.59 bits per heavy atom. The van der Waals surface area contributed by atoms with Gasteiger partial charge in [0.15, 0.2) is 0 Å². The van der Waals surface area contributed by atoms with Gasteiger partial charge >= 0.3 is 0 Å². The SMILES string of the molecule is Cc1cccc(S(=O)(=O)N2CCC(c3cc(N)on3)CC2)c1. The van der Waals surface area contributed by atoms with Crippen molar-refractivity contribution in [3.05, 3.63) is 41.6 Å². The van der Waals surface area contributed by atoms with E-state index >= 15 is 0 Å². The second kappa shape index (κ2) is 5.73. The first-order valence-electron chi connectivity index (χ1n) is 7.26. The van der Waals surface area contributed by atoms with Crippen LogP contribution < -0.4 is 5.73 Å². The van der Waals surface area contributed by atoms with Crippen LogP contribution in [-0.4, -0.2) is 31.0 Å². The van der Waals surface area contributed by atoms with Gasteiger partial charge in [-0.15, -0.1) is 0 Å². The summed E-state index contributed by atoms with van der Waals surface area (Å²) in [6.45, 7) is 2.85. The van der Waals surface area contributed by atoms with Gasteiger partial charge in [-0.05, 0) is 37.5 Å². The molecule has 1 fully saturated rings. The molecule has 0 bridgehead atoms. The van der Waals surface area contributed by atoms with Gasteiger partial charge in [0, 0.05) is 25.1 Å². The molecule has 1 aliphatic rings. The van der Waals surface area contributed by atoms with Gasteiger partial charge in [-0.25, -0.2) is 8.42 Å². The summed E-state index contributed by atoms with van der Waals surface area (Å²) in [7, 11) is -3.42. The molecular formula is C15H19N3O3S. The van der Waals surface area contributed by atoms with Crippen LogP contribution in [0.15, 0.2) is 39.8 Å². The summed E-state index contributed by atoms with van der Waals surface area (Å²) in [5.74, 6) is 0.495. The Morgan fingerprint density at radius 2 is 2.00 bits per heavy atom. The fourth-order valence-corrected chi connectivity index (χ4v) is 4.39. The molecule has 0 spiro atoms. The number of nitrogens with two attached hydrogens (primary N) is 1. The number of nitrogen functional groups attached to an aromatic ring is 1. The predicted octanol–water partition coefficient (Wildman–Crippen LogP) is 2.13. The van der Waals surface area contributed by atoms with E-state index < -0.39 is 10.0 Å². The Hall–Kier alpha value is -1.86. The summed E-state index contributed by atoms with van der Waals surface area (Å²) in [6, 6.07) is 8.73. The van der Waals surface area contributed by atoms with Crippen molar-refractivity contribution in [3.63, 3.8) is 0 Å². The fourth-order valence-electron chi connectivity index (χ4n) is 2.81.